The van der Waals surface area contributed by atoms with E-state index in [-0.39, 0.29) is 0 Å². The zero-order valence-corrected chi connectivity index (χ0v) is 12.4. The summed E-state index contributed by atoms with van der Waals surface area (Å²) in [5.74, 6) is 0.795. The highest BCUT2D eigenvalue weighted by Gasteiger charge is 2.22. The predicted molar refractivity (Wildman–Crippen MR) is 75.5 cm³/mol. The van der Waals surface area contributed by atoms with E-state index in [0.717, 1.165) is 5.92 Å². The molecule has 1 aliphatic rings. The Labute approximate surface area is 108 Å². The molecule has 0 bridgehead atoms. The molecule has 1 aliphatic heterocycles. The molecule has 1 heterocycles. The lowest BCUT2D eigenvalue weighted by molar-refractivity contribution is 0.0886. The van der Waals surface area contributed by atoms with Crippen molar-refractivity contribution in [3.63, 3.8) is 0 Å². The zero-order valence-electron chi connectivity index (χ0n) is 12.4. The molecule has 0 saturated carbocycles. The van der Waals surface area contributed by atoms with E-state index >= 15 is 0 Å². The first kappa shape index (κ1) is 14.9. The molecule has 1 fully saturated rings. The molecule has 0 aromatic carbocycles. The summed E-state index contributed by atoms with van der Waals surface area (Å²) in [6, 6.07) is 1.33. The standard InChI is InChI=1S/C14H31N3/c1-12(2)11-16-6-8-17(9-7-16)14(4)10-13(3)15-5/h12-15H,6-11H2,1-5H3. The fourth-order valence-electron chi connectivity index (χ4n) is 2.68. The molecule has 1 rings (SSSR count). The van der Waals surface area contributed by atoms with Gasteiger partial charge < -0.3 is 10.2 Å². The lowest BCUT2D eigenvalue weighted by Crippen LogP contribution is -2.51. The fraction of sp³-hybridized carbons (Fsp3) is 1.00. The van der Waals surface area contributed by atoms with Gasteiger partial charge in [0.15, 0.2) is 0 Å². The Balaban J connectivity index is 2.26. The molecule has 3 heteroatoms. The quantitative estimate of drug-likeness (QED) is 0.763. The van der Waals surface area contributed by atoms with E-state index in [1.54, 1.807) is 0 Å². The second-order valence-electron chi connectivity index (χ2n) is 6.00. The average Bonchev–Trinajstić information content (AvgIpc) is 2.28. The molecule has 2 unspecified atom stereocenters. The molecule has 0 amide bonds. The number of hydrogen-bond acceptors (Lipinski definition) is 3. The van der Waals surface area contributed by atoms with Crippen LogP contribution in [0.1, 0.15) is 34.1 Å². The molecule has 0 aromatic rings. The Kier molecular flexibility index (Phi) is 6.45. The van der Waals surface area contributed by atoms with Gasteiger partial charge in [0.25, 0.3) is 0 Å². The van der Waals surface area contributed by atoms with Crippen molar-refractivity contribution in [3.05, 3.63) is 0 Å². The summed E-state index contributed by atoms with van der Waals surface area (Å²) in [6.07, 6.45) is 1.25. The van der Waals surface area contributed by atoms with Gasteiger partial charge in [0, 0.05) is 44.8 Å². The van der Waals surface area contributed by atoms with Gasteiger partial charge in [-0.15, -0.1) is 0 Å². The summed E-state index contributed by atoms with van der Waals surface area (Å²) >= 11 is 0. The van der Waals surface area contributed by atoms with Crippen molar-refractivity contribution < 1.29 is 0 Å². The van der Waals surface area contributed by atoms with E-state index in [1.165, 1.54) is 39.1 Å². The Bertz CT molecular complexity index is 198. The molecule has 0 spiro atoms. The van der Waals surface area contributed by atoms with Crippen LogP contribution in [-0.4, -0.2) is 61.7 Å². The minimum absolute atomic E-state index is 0.624. The monoisotopic (exact) mass is 241 g/mol. The van der Waals surface area contributed by atoms with Crippen molar-refractivity contribution in [3.8, 4) is 0 Å². The van der Waals surface area contributed by atoms with Crippen molar-refractivity contribution in [1.82, 2.24) is 15.1 Å². The summed E-state index contributed by atoms with van der Waals surface area (Å²) in [5, 5.41) is 3.33. The van der Waals surface area contributed by atoms with Gasteiger partial charge in [-0.3, -0.25) is 4.90 Å². The van der Waals surface area contributed by atoms with E-state index in [9.17, 15) is 0 Å². The summed E-state index contributed by atoms with van der Waals surface area (Å²) in [4.78, 5) is 5.25. The van der Waals surface area contributed by atoms with Crippen LogP contribution >= 0.6 is 0 Å². The summed E-state index contributed by atoms with van der Waals surface area (Å²) < 4.78 is 0. The number of nitrogens with one attached hydrogen (secondary N) is 1. The molecule has 0 aliphatic carbocycles. The van der Waals surface area contributed by atoms with Gasteiger partial charge in [0.1, 0.15) is 0 Å². The van der Waals surface area contributed by atoms with Crippen LogP contribution in [0.2, 0.25) is 0 Å². The summed E-state index contributed by atoms with van der Waals surface area (Å²) in [7, 11) is 2.05. The molecular weight excluding hydrogens is 210 g/mol. The highest BCUT2D eigenvalue weighted by Crippen LogP contribution is 2.11. The van der Waals surface area contributed by atoms with E-state index in [2.05, 4.69) is 49.9 Å². The lowest BCUT2D eigenvalue weighted by atomic mass is 10.1. The smallest absolute Gasteiger partial charge is 0.0113 e. The van der Waals surface area contributed by atoms with Crippen LogP contribution in [-0.2, 0) is 0 Å². The van der Waals surface area contributed by atoms with Crippen LogP contribution in [0.3, 0.4) is 0 Å². The molecule has 102 valence electrons. The maximum atomic E-state index is 3.33. The summed E-state index contributed by atoms with van der Waals surface area (Å²) in [6.45, 7) is 15.5. The number of nitrogens with zero attached hydrogens (tertiary/aromatic N) is 2. The Hall–Kier alpha value is -0.120. The minimum atomic E-state index is 0.624. The fourth-order valence-corrected chi connectivity index (χ4v) is 2.68. The Morgan fingerprint density at radius 2 is 1.59 bits per heavy atom. The van der Waals surface area contributed by atoms with E-state index < -0.39 is 0 Å². The normalized spacial score (nSPS) is 22.9. The van der Waals surface area contributed by atoms with Gasteiger partial charge in [0.05, 0.1) is 0 Å². The topological polar surface area (TPSA) is 18.5 Å². The maximum Gasteiger partial charge on any atom is 0.0113 e. The van der Waals surface area contributed by atoms with Gasteiger partial charge in [-0.1, -0.05) is 13.8 Å². The van der Waals surface area contributed by atoms with Crippen molar-refractivity contribution in [2.45, 2.75) is 46.2 Å². The maximum absolute atomic E-state index is 3.33. The van der Waals surface area contributed by atoms with Gasteiger partial charge in [-0.2, -0.15) is 0 Å². The highest BCUT2D eigenvalue weighted by atomic mass is 15.3. The number of piperazine rings is 1. The molecule has 1 saturated heterocycles. The van der Waals surface area contributed by atoms with Crippen LogP contribution < -0.4 is 5.32 Å². The van der Waals surface area contributed by atoms with Crippen LogP contribution in [0.4, 0.5) is 0 Å². The minimum Gasteiger partial charge on any atom is -0.317 e. The van der Waals surface area contributed by atoms with Crippen molar-refractivity contribution >= 4 is 0 Å². The number of hydrogen-bond donors (Lipinski definition) is 1. The van der Waals surface area contributed by atoms with Gasteiger partial charge in [-0.05, 0) is 33.2 Å². The molecule has 0 aromatic heterocycles. The number of rotatable bonds is 6. The van der Waals surface area contributed by atoms with Crippen LogP contribution in [0.15, 0.2) is 0 Å². The first-order valence-corrected chi connectivity index (χ1v) is 7.16. The van der Waals surface area contributed by atoms with E-state index in [1.807, 2.05) is 0 Å². The first-order valence-electron chi connectivity index (χ1n) is 7.16. The molecule has 3 nitrogen and oxygen atoms in total. The third kappa shape index (κ3) is 5.36. The van der Waals surface area contributed by atoms with Crippen molar-refractivity contribution in [1.29, 1.82) is 0 Å². The van der Waals surface area contributed by atoms with Crippen LogP contribution in [0.5, 0.6) is 0 Å². The van der Waals surface area contributed by atoms with Gasteiger partial charge >= 0.3 is 0 Å². The van der Waals surface area contributed by atoms with Gasteiger partial charge in [-0.25, -0.2) is 0 Å². The molecule has 17 heavy (non-hydrogen) atoms. The van der Waals surface area contributed by atoms with Crippen molar-refractivity contribution in [2.24, 2.45) is 5.92 Å². The second-order valence-corrected chi connectivity index (χ2v) is 6.00. The van der Waals surface area contributed by atoms with E-state index in [4.69, 9.17) is 0 Å². The third-order valence-electron chi connectivity index (χ3n) is 3.84. The molecular formula is C14H31N3. The molecule has 1 N–H and O–H groups in total. The van der Waals surface area contributed by atoms with Gasteiger partial charge in [0.2, 0.25) is 0 Å². The Morgan fingerprint density at radius 1 is 1.00 bits per heavy atom. The van der Waals surface area contributed by atoms with Crippen molar-refractivity contribution in [2.75, 3.05) is 39.8 Å². The third-order valence-corrected chi connectivity index (χ3v) is 3.84. The molecule has 2 atom stereocenters. The van der Waals surface area contributed by atoms with Crippen LogP contribution in [0.25, 0.3) is 0 Å². The van der Waals surface area contributed by atoms with E-state index in [0.29, 0.717) is 12.1 Å². The lowest BCUT2D eigenvalue weighted by Gasteiger charge is -2.39. The van der Waals surface area contributed by atoms with Crippen LogP contribution in [0, 0.1) is 5.92 Å². The predicted octanol–water partition coefficient (Wildman–Crippen LogP) is 1.65. The SMILES string of the molecule is CNC(C)CC(C)N1CCN(CC(C)C)CC1. The largest absolute Gasteiger partial charge is 0.317 e. The molecule has 0 radical (unpaired) electrons. The highest BCUT2D eigenvalue weighted by molar-refractivity contribution is 4.78. The summed E-state index contributed by atoms with van der Waals surface area (Å²) in [5.41, 5.74) is 0. The second kappa shape index (κ2) is 7.34. The zero-order chi connectivity index (χ0) is 12.8. The first-order chi connectivity index (χ1) is 8.02. The Morgan fingerprint density at radius 3 is 2.06 bits per heavy atom. The average molecular weight is 241 g/mol.